The summed E-state index contributed by atoms with van der Waals surface area (Å²) in [6.45, 7) is 4.86. The van der Waals surface area contributed by atoms with Gasteiger partial charge in [-0.25, -0.2) is 9.78 Å². The van der Waals surface area contributed by atoms with E-state index in [1.165, 1.54) is 26.9 Å². The van der Waals surface area contributed by atoms with E-state index in [1.54, 1.807) is 18.2 Å². The predicted molar refractivity (Wildman–Crippen MR) is 168 cm³/mol. The van der Waals surface area contributed by atoms with Gasteiger partial charge >= 0.3 is 12.1 Å². The summed E-state index contributed by atoms with van der Waals surface area (Å²) in [4.78, 5) is 33.6. The second kappa shape index (κ2) is 14.2. The number of nitrogens with zero attached hydrogens (tertiary/aromatic N) is 5. The van der Waals surface area contributed by atoms with Crippen molar-refractivity contribution in [2.75, 3.05) is 32.8 Å². The first-order valence-electron chi connectivity index (χ1n) is 14.8. The number of carbonyl (C=O) groups excluding carboxylic acids is 1. The number of alkyl halides is 3. The number of β-amino-alcohol motifs (C(OH)–C–C–N with tert-alkyl or cyclic N) is 1. The molecule has 0 radical (unpaired) electrons. The number of aromatic carboxylic acids is 1. The van der Waals surface area contributed by atoms with E-state index in [0.717, 1.165) is 32.0 Å². The molecule has 5 heterocycles. The lowest BCUT2D eigenvalue weighted by Gasteiger charge is -2.36. The number of halogens is 4. The number of carboxylic acids is 1. The van der Waals surface area contributed by atoms with Crippen molar-refractivity contribution in [2.45, 2.75) is 57.6 Å². The summed E-state index contributed by atoms with van der Waals surface area (Å²) in [5.41, 5.74) is 7.48. The van der Waals surface area contributed by atoms with Crippen molar-refractivity contribution in [3.8, 4) is 16.4 Å². The van der Waals surface area contributed by atoms with Crippen LogP contribution in [0.1, 0.15) is 53.4 Å². The zero-order valence-electron chi connectivity index (χ0n) is 25.5. The Morgan fingerprint density at radius 3 is 2.47 bits per heavy atom. The van der Waals surface area contributed by atoms with E-state index in [2.05, 4.69) is 28.9 Å². The Kier molecular flexibility index (Phi) is 10.5. The fourth-order valence-electron chi connectivity index (χ4n) is 5.29. The maximum absolute atomic E-state index is 13.2. The van der Waals surface area contributed by atoms with Crippen molar-refractivity contribution in [1.29, 1.82) is 0 Å². The topological polar surface area (TPSA) is 158 Å². The van der Waals surface area contributed by atoms with Crippen LogP contribution >= 0.6 is 22.9 Å². The molecule has 2 saturated heterocycles. The van der Waals surface area contributed by atoms with Crippen LogP contribution in [0.25, 0.3) is 27.4 Å². The highest BCUT2D eigenvalue weighted by Gasteiger charge is 2.35. The third-order valence-corrected chi connectivity index (χ3v) is 9.03. The van der Waals surface area contributed by atoms with Crippen molar-refractivity contribution in [1.82, 2.24) is 24.5 Å². The first kappa shape index (κ1) is 34.6. The minimum atomic E-state index is -4.68. The van der Waals surface area contributed by atoms with Crippen molar-refractivity contribution >= 4 is 45.8 Å². The second-order valence-electron chi connectivity index (χ2n) is 11.6. The number of fused-ring (bicyclic) bond motifs is 1. The van der Waals surface area contributed by atoms with Crippen LogP contribution in [0.4, 0.5) is 13.2 Å². The van der Waals surface area contributed by atoms with E-state index >= 15 is 0 Å². The Morgan fingerprint density at radius 2 is 1.89 bits per heavy atom. The molecular formula is C30H33ClF3N6O6S-. The molecule has 0 spiro atoms. The van der Waals surface area contributed by atoms with E-state index in [-0.39, 0.29) is 42.3 Å². The number of nitrogens with one attached hydrogen (secondary N) is 1. The van der Waals surface area contributed by atoms with Gasteiger partial charge in [-0.2, -0.15) is 13.2 Å². The molecule has 254 valence electrons. The molecular weight excluding hydrogens is 665 g/mol. The van der Waals surface area contributed by atoms with Gasteiger partial charge in [0.05, 0.1) is 27.4 Å². The monoisotopic (exact) mass is 697 g/mol. The number of aliphatic hydroxyl groups excluding tert-OH is 1. The van der Waals surface area contributed by atoms with Crippen LogP contribution in [0.2, 0.25) is 4.34 Å². The molecule has 2 fully saturated rings. The number of likely N-dealkylation sites (tertiary alicyclic amines) is 2. The number of rotatable bonds is 8. The van der Waals surface area contributed by atoms with Crippen molar-refractivity contribution < 1.29 is 42.2 Å². The van der Waals surface area contributed by atoms with Gasteiger partial charge in [0.1, 0.15) is 22.5 Å². The molecule has 6 rings (SSSR count). The Labute approximate surface area is 276 Å². The van der Waals surface area contributed by atoms with Gasteiger partial charge in [-0.1, -0.05) is 29.6 Å². The maximum Gasteiger partial charge on any atom is 0.422 e. The largest absolute Gasteiger partial charge is 0.675 e. The summed E-state index contributed by atoms with van der Waals surface area (Å²) in [5, 5.41) is 23.3. The average Bonchev–Trinajstić information content (AvgIpc) is 3.73. The van der Waals surface area contributed by atoms with Crippen molar-refractivity contribution in [3.63, 3.8) is 0 Å². The van der Waals surface area contributed by atoms with Crippen molar-refractivity contribution in [3.05, 3.63) is 57.5 Å². The van der Waals surface area contributed by atoms with Crippen LogP contribution < -0.4 is 4.74 Å². The van der Waals surface area contributed by atoms with Gasteiger partial charge in [-0.3, -0.25) is 4.79 Å². The molecule has 4 aromatic rings. The average molecular weight is 698 g/mol. The summed E-state index contributed by atoms with van der Waals surface area (Å²) in [5.74, 6) is -2.64. The lowest BCUT2D eigenvalue weighted by Crippen LogP contribution is -2.53. The van der Waals surface area contributed by atoms with Gasteiger partial charge in [-0.15, -0.1) is 17.4 Å². The highest BCUT2D eigenvalue weighted by atomic mass is 35.5. The maximum atomic E-state index is 13.2. The molecule has 0 aliphatic carbocycles. The molecule has 12 nitrogen and oxygen atoms in total. The summed E-state index contributed by atoms with van der Waals surface area (Å²) in [6.07, 6.45) is -3.31. The van der Waals surface area contributed by atoms with Gasteiger partial charge in [-0.05, 0) is 51.2 Å². The molecule has 47 heavy (non-hydrogen) atoms. The predicted octanol–water partition coefficient (Wildman–Crippen LogP) is 5.82. The zero-order chi connectivity index (χ0) is 34.0. The van der Waals surface area contributed by atoms with E-state index in [1.807, 2.05) is 0 Å². The number of hydrogen-bond donors (Lipinski definition) is 2. The highest BCUT2D eigenvalue weighted by molar-refractivity contribution is 7.19. The Bertz CT molecular complexity index is 1730. The van der Waals surface area contributed by atoms with Crippen LogP contribution in [0.5, 0.6) is 5.75 Å². The van der Waals surface area contributed by atoms with Gasteiger partial charge < -0.3 is 39.6 Å². The molecule has 1 aromatic carbocycles. The fraction of sp³-hybridized carbons (Fsp3) is 0.467. The first-order chi connectivity index (χ1) is 22.2. The van der Waals surface area contributed by atoms with Gasteiger partial charge in [0.2, 0.25) is 5.82 Å². The number of imidazole rings is 1. The van der Waals surface area contributed by atoms with Gasteiger partial charge in [0.25, 0.3) is 5.91 Å². The number of carboxylic acid groups (broad SMARTS) is 1. The Morgan fingerprint density at radius 1 is 1.19 bits per heavy atom. The SMILES string of the molecule is CC(C)N1CCC([NH-])CC1.O=C(O)c1nc2c(C(=O)N3CC(O)C3)c(OCC(F)(F)F)ccc2n1Cc1cc(-c2ccc(Cl)s2)on1. The Balaban J connectivity index is 0.000000371. The number of piperidine rings is 1. The number of thiophene rings is 1. The third kappa shape index (κ3) is 8.24. The van der Waals surface area contributed by atoms with Crippen LogP contribution in [-0.2, 0) is 6.54 Å². The fourth-order valence-corrected chi connectivity index (χ4v) is 6.28. The van der Waals surface area contributed by atoms with E-state index in [4.69, 9.17) is 26.6 Å². The minimum absolute atomic E-state index is 0.0329. The van der Waals surface area contributed by atoms with Crippen LogP contribution in [0.15, 0.2) is 34.9 Å². The summed E-state index contributed by atoms with van der Waals surface area (Å²) in [7, 11) is 0. The summed E-state index contributed by atoms with van der Waals surface area (Å²) in [6, 6.07) is 8.38. The number of benzene rings is 1. The normalized spacial score (nSPS) is 16.3. The number of aromatic nitrogens is 3. The molecule has 3 N–H and O–H groups in total. The molecule has 0 atom stereocenters. The molecule has 0 bridgehead atoms. The number of hydrogen-bond acceptors (Lipinski definition) is 9. The number of aliphatic hydroxyl groups is 1. The lowest BCUT2D eigenvalue weighted by molar-refractivity contribution is -0.153. The number of ether oxygens (including phenoxy) is 1. The van der Waals surface area contributed by atoms with Crippen LogP contribution in [0, 0.1) is 0 Å². The number of amides is 1. The van der Waals surface area contributed by atoms with Crippen LogP contribution in [0.3, 0.4) is 0 Å². The third-order valence-electron chi connectivity index (χ3n) is 7.78. The molecule has 2 aliphatic heterocycles. The van der Waals surface area contributed by atoms with Gasteiger partial charge in [0.15, 0.2) is 12.4 Å². The standard InChI is InChI=1S/C22H16ClF3N4O6S.C8H17N2/c23-16-4-3-15(37-16)14-5-10(28-36-14)6-30-12-1-2-13(35-9-22(24,25)26)17(18(12)27-19(30)21(33)34)20(32)29-7-11(31)8-29;1-7(2)10-5-3-8(9)4-6-10/h1-5,11,31H,6-9H2,(H,33,34);7-9H,3-6H2,1-2H3/q;-1. The summed E-state index contributed by atoms with van der Waals surface area (Å²) >= 11 is 7.22. The molecule has 1 amide bonds. The molecule has 0 saturated carbocycles. The molecule has 17 heteroatoms. The summed E-state index contributed by atoms with van der Waals surface area (Å²) < 4.78 is 50.6. The van der Waals surface area contributed by atoms with Gasteiger partial charge in [0, 0.05) is 25.2 Å². The van der Waals surface area contributed by atoms with Crippen molar-refractivity contribution in [2.24, 2.45) is 0 Å². The quantitative estimate of drug-likeness (QED) is 0.231. The van der Waals surface area contributed by atoms with E-state index in [0.29, 0.717) is 26.7 Å². The number of carbonyl (C=O) groups is 2. The highest BCUT2D eigenvalue weighted by Crippen LogP contribution is 2.34. The zero-order valence-corrected chi connectivity index (χ0v) is 27.0. The second-order valence-corrected chi connectivity index (χ2v) is 13.3. The first-order valence-corrected chi connectivity index (χ1v) is 16.0. The molecule has 2 aliphatic rings. The smallest absolute Gasteiger partial charge is 0.422 e. The Hall–Kier alpha value is -3.70. The lowest BCUT2D eigenvalue weighted by atomic mass is 10.1. The molecule has 0 unspecified atom stereocenters. The van der Waals surface area contributed by atoms with E-state index < -0.39 is 42.3 Å². The van der Waals surface area contributed by atoms with E-state index in [9.17, 15) is 33.0 Å². The molecule has 3 aromatic heterocycles. The van der Waals surface area contributed by atoms with Crippen LogP contribution in [-0.4, -0.2) is 104 Å². The minimum Gasteiger partial charge on any atom is -0.675 e.